The van der Waals surface area contributed by atoms with E-state index in [2.05, 4.69) is 5.32 Å². The van der Waals surface area contributed by atoms with Crippen molar-refractivity contribution in [2.45, 2.75) is 25.8 Å². The molecule has 0 aromatic heterocycles. The van der Waals surface area contributed by atoms with Gasteiger partial charge in [0.05, 0.1) is 0 Å². The molecule has 1 aliphatic carbocycles. The molecule has 0 aromatic carbocycles. The van der Waals surface area contributed by atoms with Gasteiger partial charge in [-0.25, -0.2) is 0 Å². The van der Waals surface area contributed by atoms with Crippen LogP contribution < -0.4 is 5.32 Å². The zero-order valence-corrected chi connectivity index (χ0v) is 7.86. The van der Waals surface area contributed by atoms with E-state index in [1.807, 2.05) is 6.92 Å². The minimum absolute atomic E-state index is 0.101. The lowest BCUT2D eigenvalue weighted by Gasteiger charge is -2.15. The molecule has 2 atom stereocenters. The summed E-state index contributed by atoms with van der Waals surface area (Å²) in [6, 6.07) is -0.408. The summed E-state index contributed by atoms with van der Waals surface area (Å²) in [7, 11) is 0. The maximum atomic E-state index is 10.8. The molecule has 0 radical (unpaired) electrons. The Bertz CT molecular complexity index is 180. The highest BCUT2D eigenvalue weighted by atomic mass is 16.4. The number of aliphatic hydroxyl groups excluding tert-OH is 1. The topological polar surface area (TPSA) is 69.6 Å². The highest BCUT2D eigenvalue weighted by molar-refractivity contribution is 5.74. The lowest BCUT2D eigenvalue weighted by Crippen LogP contribution is -2.41. The highest BCUT2D eigenvalue weighted by Crippen LogP contribution is 2.32. The number of carboxylic acid groups (broad SMARTS) is 1. The molecule has 0 bridgehead atoms. The van der Waals surface area contributed by atoms with Crippen LogP contribution in [0.1, 0.15) is 19.8 Å². The molecule has 0 aromatic rings. The quantitative estimate of drug-likeness (QED) is 0.550. The van der Waals surface area contributed by atoms with Crippen LogP contribution in [0.2, 0.25) is 0 Å². The van der Waals surface area contributed by atoms with Gasteiger partial charge in [0.1, 0.15) is 6.04 Å². The smallest absolute Gasteiger partial charge is 0.320 e. The Balaban J connectivity index is 2.26. The predicted octanol–water partition coefficient (Wildman–Crippen LogP) is 0.0676. The SMILES string of the molecule is CC(CO)CNC(C(=O)O)C1CC1. The van der Waals surface area contributed by atoms with Gasteiger partial charge in [-0.05, 0) is 24.7 Å². The van der Waals surface area contributed by atoms with E-state index >= 15 is 0 Å². The van der Waals surface area contributed by atoms with Crippen LogP contribution in [0.15, 0.2) is 0 Å². The molecule has 76 valence electrons. The highest BCUT2D eigenvalue weighted by Gasteiger charge is 2.35. The van der Waals surface area contributed by atoms with Gasteiger partial charge in [0.15, 0.2) is 0 Å². The van der Waals surface area contributed by atoms with Crippen molar-refractivity contribution in [2.75, 3.05) is 13.2 Å². The van der Waals surface area contributed by atoms with Gasteiger partial charge >= 0.3 is 5.97 Å². The molecule has 13 heavy (non-hydrogen) atoms. The Morgan fingerprint density at radius 2 is 2.23 bits per heavy atom. The minimum atomic E-state index is -0.771. The molecule has 0 heterocycles. The van der Waals surface area contributed by atoms with Gasteiger partial charge in [0, 0.05) is 13.2 Å². The number of nitrogens with one attached hydrogen (secondary N) is 1. The molecule has 1 aliphatic rings. The number of aliphatic carboxylic acids is 1. The molecule has 3 N–H and O–H groups in total. The number of hydrogen-bond donors (Lipinski definition) is 3. The Labute approximate surface area is 78.0 Å². The van der Waals surface area contributed by atoms with Crippen LogP contribution in [0.4, 0.5) is 0 Å². The molecule has 0 aliphatic heterocycles. The average Bonchev–Trinajstić information content (AvgIpc) is 2.87. The van der Waals surface area contributed by atoms with Gasteiger partial charge in [-0.15, -0.1) is 0 Å². The maximum absolute atomic E-state index is 10.8. The number of aliphatic hydroxyl groups is 1. The summed E-state index contributed by atoms with van der Waals surface area (Å²) in [6.07, 6.45) is 2.02. The number of carbonyl (C=O) groups is 1. The van der Waals surface area contributed by atoms with Crippen LogP contribution in [-0.4, -0.2) is 35.4 Å². The Hall–Kier alpha value is -0.610. The molecule has 1 fully saturated rings. The first-order valence-corrected chi connectivity index (χ1v) is 4.72. The monoisotopic (exact) mass is 187 g/mol. The van der Waals surface area contributed by atoms with Gasteiger partial charge in [-0.3, -0.25) is 4.79 Å². The second-order valence-electron chi connectivity index (χ2n) is 3.85. The minimum Gasteiger partial charge on any atom is -0.480 e. The van der Waals surface area contributed by atoms with Crippen molar-refractivity contribution in [3.05, 3.63) is 0 Å². The van der Waals surface area contributed by atoms with Gasteiger partial charge in [0.2, 0.25) is 0 Å². The van der Waals surface area contributed by atoms with E-state index in [9.17, 15) is 4.79 Å². The third-order valence-corrected chi connectivity index (χ3v) is 2.36. The second-order valence-corrected chi connectivity index (χ2v) is 3.85. The van der Waals surface area contributed by atoms with Crippen LogP contribution in [-0.2, 0) is 4.79 Å². The largest absolute Gasteiger partial charge is 0.480 e. The normalized spacial score (nSPS) is 21.1. The van der Waals surface area contributed by atoms with E-state index in [4.69, 9.17) is 10.2 Å². The number of rotatable bonds is 6. The third kappa shape index (κ3) is 3.32. The van der Waals surface area contributed by atoms with Crippen LogP contribution in [0, 0.1) is 11.8 Å². The van der Waals surface area contributed by atoms with Crippen LogP contribution in [0.25, 0.3) is 0 Å². The molecular formula is C9H17NO3. The van der Waals surface area contributed by atoms with Crippen LogP contribution in [0.5, 0.6) is 0 Å². The zero-order valence-electron chi connectivity index (χ0n) is 7.86. The maximum Gasteiger partial charge on any atom is 0.320 e. The Kier molecular flexibility index (Phi) is 3.69. The van der Waals surface area contributed by atoms with Crippen LogP contribution >= 0.6 is 0 Å². The standard InChI is InChI=1S/C9H17NO3/c1-6(5-11)4-10-8(9(12)13)7-2-3-7/h6-8,10-11H,2-5H2,1H3,(H,12,13). The summed E-state index contributed by atoms with van der Waals surface area (Å²) in [5.74, 6) is -0.336. The summed E-state index contributed by atoms with van der Waals surface area (Å²) >= 11 is 0. The van der Waals surface area contributed by atoms with E-state index in [0.717, 1.165) is 12.8 Å². The van der Waals surface area contributed by atoms with E-state index in [-0.39, 0.29) is 12.5 Å². The zero-order chi connectivity index (χ0) is 9.84. The molecular weight excluding hydrogens is 170 g/mol. The first-order valence-electron chi connectivity index (χ1n) is 4.72. The fourth-order valence-electron chi connectivity index (χ4n) is 1.28. The molecule has 0 saturated heterocycles. The van der Waals surface area contributed by atoms with Crippen molar-refractivity contribution in [3.8, 4) is 0 Å². The van der Waals surface area contributed by atoms with Crippen molar-refractivity contribution < 1.29 is 15.0 Å². The molecule has 4 nitrogen and oxygen atoms in total. The molecule has 0 spiro atoms. The molecule has 1 rings (SSSR count). The fourth-order valence-corrected chi connectivity index (χ4v) is 1.28. The van der Waals surface area contributed by atoms with Crippen molar-refractivity contribution >= 4 is 5.97 Å². The van der Waals surface area contributed by atoms with Crippen LogP contribution in [0.3, 0.4) is 0 Å². The van der Waals surface area contributed by atoms with E-state index < -0.39 is 12.0 Å². The molecule has 1 saturated carbocycles. The van der Waals surface area contributed by atoms with Gasteiger partial charge in [-0.1, -0.05) is 6.92 Å². The first kappa shape index (κ1) is 10.5. The summed E-state index contributed by atoms with van der Waals surface area (Å²) in [6.45, 7) is 2.56. The lowest BCUT2D eigenvalue weighted by atomic mass is 10.1. The summed E-state index contributed by atoms with van der Waals surface area (Å²) in [4.78, 5) is 10.8. The van der Waals surface area contributed by atoms with Crippen molar-refractivity contribution in [3.63, 3.8) is 0 Å². The van der Waals surface area contributed by atoms with Gasteiger partial charge in [-0.2, -0.15) is 0 Å². The Morgan fingerprint density at radius 3 is 2.62 bits per heavy atom. The molecule has 4 heteroatoms. The van der Waals surface area contributed by atoms with E-state index in [0.29, 0.717) is 12.5 Å². The van der Waals surface area contributed by atoms with Gasteiger partial charge < -0.3 is 15.5 Å². The second kappa shape index (κ2) is 4.58. The van der Waals surface area contributed by atoms with Crippen molar-refractivity contribution in [2.24, 2.45) is 11.8 Å². The summed E-state index contributed by atoms with van der Waals surface area (Å²) in [5.41, 5.74) is 0. The Morgan fingerprint density at radius 1 is 1.62 bits per heavy atom. The number of carboxylic acids is 1. The number of hydrogen-bond acceptors (Lipinski definition) is 3. The van der Waals surface area contributed by atoms with E-state index in [1.165, 1.54) is 0 Å². The molecule has 2 unspecified atom stereocenters. The van der Waals surface area contributed by atoms with E-state index in [1.54, 1.807) is 0 Å². The van der Waals surface area contributed by atoms with Crippen molar-refractivity contribution in [1.82, 2.24) is 5.32 Å². The molecule has 0 amide bonds. The fraction of sp³-hybridized carbons (Fsp3) is 0.889. The lowest BCUT2D eigenvalue weighted by molar-refractivity contribution is -0.140. The van der Waals surface area contributed by atoms with Crippen molar-refractivity contribution in [1.29, 1.82) is 0 Å². The van der Waals surface area contributed by atoms with Gasteiger partial charge in [0.25, 0.3) is 0 Å². The average molecular weight is 187 g/mol. The third-order valence-electron chi connectivity index (χ3n) is 2.36. The predicted molar refractivity (Wildman–Crippen MR) is 48.4 cm³/mol. The summed E-state index contributed by atoms with van der Waals surface area (Å²) in [5, 5.41) is 20.6. The first-order chi connectivity index (χ1) is 6.15. The summed E-state index contributed by atoms with van der Waals surface area (Å²) < 4.78 is 0.